The van der Waals surface area contributed by atoms with Crippen molar-refractivity contribution in [3.63, 3.8) is 0 Å². The summed E-state index contributed by atoms with van der Waals surface area (Å²) in [6.07, 6.45) is 4.77. The molecule has 2 atom stereocenters. The average Bonchev–Trinajstić information content (AvgIpc) is 3.26. The summed E-state index contributed by atoms with van der Waals surface area (Å²) in [6, 6.07) is 4.11. The number of likely N-dealkylation sites (tertiary alicyclic amines) is 1. The van der Waals surface area contributed by atoms with Gasteiger partial charge in [0.25, 0.3) is 0 Å². The minimum absolute atomic E-state index is 0.403. The van der Waals surface area contributed by atoms with Crippen LogP contribution in [0.1, 0.15) is 30.7 Å². The number of anilines is 1. The molecule has 1 aliphatic carbocycles. The maximum Gasteiger partial charge on any atom is 0.159 e. The van der Waals surface area contributed by atoms with Crippen LogP contribution in [0.5, 0.6) is 0 Å². The second-order valence-corrected chi connectivity index (χ2v) is 8.77. The van der Waals surface area contributed by atoms with Crippen molar-refractivity contribution in [1.29, 1.82) is 0 Å². The molecule has 1 N–H and O–H groups in total. The van der Waals surface area contributed by atoms with Gasteiger partial charge in [-0.05, 0) is 51.0 Å². The van der Waals surface area contributed by atoms with Gasteiger partial charge in [-0.15, -0.1) is 0 Å². The average molecular weight is 368 g/mol. The quantitative estimate of drug-likeness (QED) is 0.883. The standard InChI is InChI=1S/C20H28N6O/c1-14-6-15(2)26(23-14)19-7-18(21-13-22-19)25-10-16-8-24(9-17(16)11-25)12-20(27)4-3-5-20/h6-7,13,16-17,27H,3-5,8-12H2,1-2H3. The number of aryl methyl sites for hydroxylation is 2. The van der Waals surface area contributed by atoms with E-state index >= 15 is 0 Å². The molecule has 2 aromatic rings. The number of fused-ring (bicyclic) bond motifs is 1. The summed E-state index contributed by atoms with van der Waals surface area (Å²) in [5, 5.41) is 15.0. The number of aromatic nitrogens is 4. The molecule has 7 heteroatoms. The van der Waals surface area contributed by atoms with E-state index in [0.717, 1.165) is 68.6 Å². The van der Waals surface area contributed by atoms with E-state index in [2.05, 4.69) is 37.0 Å². The number of hydrogen-bond acceptors (Lipinski definition) is 6. The first-order chi connectivity index (χ1) is 13.0. The van der Waals surface area contributed by atoms with Crippen LogP contribution in [-0.2, 0) is 0 Å². The van der Waals surface area contributed by atoms with Gasteiger partial charge in [0.15, 0.2) is 5.82 Å². The summed E-state index contributed by atoms with van der Waals surface area (Å²) in [5.74, 6) is 3.16. The normalized spacial score (nSPS) is 27.0. The van der Waals surface area contributed by atoms with E-state index < -0.39 is 5.60 Å². The molecule has 2 aromatic heterocycles. The predicted molar refractivity (Wildman–Crippen MR) is 103 cm³/mol. The van der Waals surface area contributed by atoms with Crippen LogP contribution < -0.4 is 4.90 Å². The zero-order chi connectivity index (χ0) is 18.6. The zero-order valence-electron chi connectivity index (χ0n) is 16.2. The van der Waals surface area contributed by atoms with Gasteiger partial charge in [0.05, 0.1) is 11.3 Å². The second-order valence-electron chi connectivity index (χ2n) is 8.77. The summed E-state index contributed by atoms with van der Waals surface area (Å²) in [7, 11) is 0. The van der Waals surface area contributed by atoms with Crippen LogP contribution in [0.3, 0.4) is 0 Å². The first-order valence-corrected chi connectivity index (χ1v) is 10.0. The Morgan fingerprint density at radius 1 is 1.04 bits per heavy atom. The second kappa shape index (κ2) is 6.27. The fraction of sp³-hybridized carbons (Fsp3) is 0.650. The van der Waals surface area contributed by atoms with Crippen molar-refractivity contribution in [2.24, 2.45) is 11.8 Å². The Hall–Kier alpha value is -1.99. The SMILES string of the molecule is Cc1cc(C)n(-c2cc(N3CC4CN(CC5(O)CCC5)CC4C3)ncn2)n1. The summed E-state index contributed by atoms with van der Waals surface area (Å²) in [4.78, 5) is 13.8. The molecule has 0 amide bonds. The van der Waals surface area contributed by atoms with Crippen LogP contribution in [0.25, 0.3) is 5.82 Å². The fourth-order valence-electron chi connectivity index (χ4n) is 5.05. The lowest BCUT2D eigenvalue weighted by molar-refractivity contribution is -0.0557. The van der Waals surface area contributed by atoms with Crippen molar-refractivity contribution in [2.45, 2.75) is 38.7 Å². The van der Waals surface area contributed by atoms with Crippen molar-refractivity contribution in [3.8, 4) is 5.82 Å². The molecule has 3 aliphatic rings. The molecule has 144 valence electrons. The minimum Gasteiger partial charge on any atom is -0.389 e. The molecule has 2 unspecified atom stereocenters. The van der Waals surface area contributed by atoms with Crippen molar-refractivity contribution in [3.05, 3.63) is 29.8 Å². The van der Waals surface area contributed by atoms with Crippen LogP contribution in [0.2, 0.25) is 0 Å². The Morgan fingerprint density at radius 3 is 2.33 bits per heavy atom. The third kappa shape index (κ3) is 3.12. The number of hydrogen-bond donors (Lipinski definition) is 1. The van der Waals surface area contributed by atoms with Gasteiger partial charge >= 0.3 is 0 Å². The number of β-amino-alcohol motifs (C(OH)–C–C–N with tert-alkyl or cyclic N) is 1. The van der Waals surface area contributed by atoms with Crippen LogP contribution >= 0.6 is 0 Å². The Bertz CT molecular complexity index is 831. The van der Waals surface area contributed by atoms with Crippen molar-refractivity contribution in [1.82, 2.24) is 24.6 Å². The summed E-state index contributed by atoms with van der Waals surface area (Å²) in [6.45, 7) is 9.17. The highest BCUT2D eigenvalue weighted by Crippen LogP contribution is 2.37. The van der Waals surface area contributed by atoms with Crippen LogP contribution in [0.4, 0.5) is 5.82 Å². The first-order valence-electron chi connectivity index (χ1n) is 10.0. The van der Waals surface area contributed by atoms with Gasteiger partial charge in [0.2, 0.25) is 0 Å². The summed E-state index contributed by atoms with van der Waals surface area (Å²) >= 11 is 0. The summed E-state index contributed by atoms with van der Waals surface area (Å²) < 4.78 is 1.89. The highest BCUT2D eigenvalue weighted by Gasteiger charge is 2.44. The molecular weight excluding hydrogens is 340 g/mol. The van der Waals surface area contributed by atoms with E-state index in [9.17, 15) is 5.11 Å². The molecule has 2 saturated heterocycles. The minimum atomic E-state index is -0.403. The van der Waals surface area contributed by atoms with E-state index in [-0.39, 0.29) is 0 Å². The van der Waals surface area contributed by atoms with E-state index in [1.54, 1.807) is 6.33 Å². The van der Waals surface area contributed by atoms with Crippen molar-refractivity contribution < 1.29 is 5.11 Å². The Balaban J connectivity index is 1.27. The molecule has 5 rings (SSSR count). The fourth-order valence-corrected chi connectivity index (χ4v) is 5.05. The van der Waals surface area contributed by atoms with Crippen molar-refractivity contribution in [2.75, 3.05) is 37.6 Å². The topological polar surface area (TPSA) is 70.3 Å². The highest BCUT2D eigenvalue weighted by atomic mass is 16.3. The lowest BCUT2D eigenvalue weighted by Crippen LogP contribution is -2.48. The maximum atomic E-state index is 10.4. The van der Waals surface area contributed by atoms with Gasteiger partial charge in [-0.1, -0.05) is 0 Å². The smallest absolute Gasteiger partial charge is 0.159 e. The lowest BCUT2D eigenvalue weighted by atomic mass is 9.80. The number of aliphatic hydroxyl groups is 1. The van der Waals surface area contributed by atoms with Gasteiger partial charge in [-0.2, -0.15) is 5.10 Å². The van der Waals surface area contributed by atoms with E-state index in [4.69, 9.17) is 0 Å². The van der Waals surface area contributed by atoms with Crippen molar-refractivity contribution >= 4 is 5.82 Å². The predicted octanol–water partition coefficient (Wildman–Crippen LogP) is 1.56. The Kier molecular flexibility index (Phi) is 3.98. The largest absolute Gasteiger partial charge is 0.389 e. The van der Waals surface area contributed by atoms with Crippen LogP contribution in [0.15, 0.2) is 18.5 Å². The van der Waals surface area contributed by atoms with Gasteiger partial charge in [0.1, 0.15) is 12.1 Å². The lowest BCUT2D eigenvalue weighted by Gasteiger charge is -2.40. The Labute approximate surface area is 160 Å². The maximum absolute atomic E-state index is 10.4. The van der Waals surface area contributed by atoms with E-state index in [1.807, 2.05) is 18.5 Å². The van der Waals surface area contributed by atoms with Gasteiger partial charge in [0, 0.05) is 44.5 Å². The molecule has 1 saturated carbocycles. The van der Waals surface area contributed by atoms with Crippen LogP contribution in [-0.4, -0.2) is 68.1 Å². The monoisotopic (exact) mass is 368 g/mol. The van der Waals surface area contributed by atoms with E-state index in [1.165, 1.54) is 6.42 Å². The third-order valence-electron chi connectivity index (χ3n) is 6.55. The molecular formula is C20H28N6O. The molecule has 7 nitrogen and oxygen atoms in total. The van der Waals surface area contributed by atoms with Gasteiger partial charge in [-0.25, -0.2) is 14.6 Å². The zero-order valence-corrected chi connectivity index (χ0v) is 16.2. The molecule has 4 heterocycles. The van der Waals surface area contributed by atoms with E-state index in [0.29, 0.717) is 11.8 Å². The van der Waals surface area contributed by atoms with Gasteiger partial charge in [-0.3, -0.25) is 4.90 Å². The molecule has 0 bridgehead atoms. The molecule has 0 spiro atoms. The Morgan fingerprint density at radius 2 is 1.74 bits per heavy atom. The number of rotatable bonds is 4. The number of nitrogens with zero attached hydrogens (tertiary/aromatic N) is 6. The van der Waals surface area contributed by atoms with Crippen LogP contribution in [0, 0.1) is 25.7 Å². The molecule has 27 heavy (non-hydrogen) atoms. The highest BCUT2D eigenvalue weighted by molar-refractivity contribution is 5.45. The first kappa shape index (κ1) is 17.1. The molecule has 0 radical (unpaired) electrons. The molecule has 3 fully saturated rings. The van der Waals surface area contributed by atoms with Gasteiger partial charge < -0.3 is 10.0 Å². The molecule has 0 aromatic carbocycles. The summed E-state index contributed by atoms with van der Waals surface area (Å²) in [5.41, 5.74) is 1.68. The third-order valence-corrected chi connectivity index (χ3v) is 6.55. The molecule has 2 aliphatic heterocycles.